The summed E-state index contributed by atoms with van der Waals surface area (Å²) in [5.74, 6) is 0.775. The van der Waals surface area contributed by atoms with E-state index in [2.05, 4.69) is 35.9 Å². The first-order chi connectivity index (χ1) is 16.3. The summed E-state index contributed by atoms with van der Waals surface area (Å²) < 4.78 is 1.88. The zero-order chi connectivity index (χ0) is 24.7. The highest BCUT2D eigenvalue weighted by Gasteiger charge is 2.25. The van der Waals surface area contributed by atoms with Crippen molar-refractivity contribution < 1.29 is 9.59 Å². The first-order valence-electron chi connectivity index (χ1n) is 10.8. The minimum Gasteiger partial charge on any atom is -0.342 e. The van der Waals surface area contributed by atoms with E-state index in [0.717, 1.165) is 0 Å². The highest BCUT2D eigenvalue weighted by Crippen LogP contribution is 2.27. The lowest BCUT2D eigenvalue weighted by Gasteiger charge is -2.21. The van der Waals surface area contributed by atoms with E-state index in [-0.39, 0.29) is 28.4 Å². The van der Waals surface area contributed by atoms with Crippen molar-refractivity contribution in [3.63, 3.8) is 0 Å². The number of ketones is 1. The van der Waals surface area contributed by atoms with Crippen LogP contribution >= 0.6 is 35.0 Å². The van der Waals surface area contributed by atoms with Crippen LogP contribution in [-0.4, -0.2) is 32.2 Å². The number of aromatic nitrogens is 3. The second-order valence-electron chi connectivity index (χ2n) is 8.10. The van der Waals surface area contributed by atoms with Crippen molar-refractivity contribution in [3.8, 4) is 0 Å². The third kappa shape index (κ3) is 6.72. The van der Waals surface area contributed by atoms with Crippen molar-refractivity contribution in [3.05, 3.63) is 88.2 Å². The molecule has 1 N–H and O–H groups in total. The molecule has 0 radical (unpaired) electrons. The fraction of sp³-hybridized carbons (Fsp3) is 0.280. The Bertz CT molecular complexity index is 1160. The molecule has 0 fully saturated rings. The van der Waals surface area contributed by atoms with E-state index in [1.54, 1.807) is 30.3 Å². The number of carbonyl (C=O) groups excluding carboxylic acids is 2. The van der Waals surface area contributed by atoms with Gasteiger partial charge in [0.1, 0.15) is 0 Å². The Balaban J connectivity index is 1.84. The summed E-state index contributed by atoms with van der Waals surface area (Å²) in [6, 6.07) is 13.5. The van der Waals surface area contributed by atoms with E-state index < -0.39 is 6.04 Å². The molecular weight excluding hydrogens is 491 g/mol. The van der Waals surface area contributed by atoms with Gasteiger partial charge in [0.05, 0.1) is 22.4 Å². The smallest absolute Gasteiger partial charge is 0.253 e. The van der Waals surface area contributed by atoms with Gasteiger partial charge in [-0.15, -0.1) is 16.8 Å². The number of benzene rings is 2. The first-order valence-corrected chi connectivity index (χ1v) is 12.5. The molecule has 0 aliphatic carbocycles. The van der Waals surface area contributed by atoms with E-state index >= 15 is 0 Å². The number of nitrogens with zero attached hydrogens (tertiary/aromatic N) is 3. The SMILES string of the molecule is C=CCn1c(SCC(=O)c2ccccc2)nnc1[C@@H](CC(C)C)NC(=O)c1ccc(Cl)cc1Cl. The maximum Gasteiger partial charge on any atom is 0.253 e. The van der Waals surface area contributed by atoms with E-state index in [1.807, 2.05) is 22.8 Å². The van der Waals surface area contributed by atoms with E-state index in [0.29, 0.717) is 40.1 Å². The highest BCUT2D eigenvalue weighted by molar-refractivity contribution is 7.99. The lowest BCUT2D eigenvalue weighted by Crippen LogP contribution is -2.32. The van der Waals surface area contributed by atoms with Crippen LogP contribution in [0.3, 0.4) is 0 Å². The maximum atomic E-state index is 13.0. The Morgan fingerprint density at radius 3 is 2.53 bits per heavy atom. The molecule has 34 heavy (non-hydrogen) atoms. The number of thioether (sulfide) groups is 1. The van der Waals surface area contributed by atoms with Crippen LogP contribution in [0.4, 0.5) is 0 Å². The van der Waals surface area contributed by atoms with Crippen molar-refractivity contribution in [1.82, 2.24) is 20.1 Å². The number of carbonyl (C=O) groups is 2. The number of halogens is 2. The number of hydrogen-bond donors (Lipinski definition) is 1. The molecule has 0 bridgehead atoms. The van der Waals surface area contributed by atoms with Crippen molar-refractivity contribution in [1.29, 1.82) is 0 Å². The van der Waals surface area contributed by atoms with Crippen LogP contribution in [0.2, 0.25) is 10.0 Å². The number of Topliss-reactive ketones (excluding diaryl/α,β-unsaturated/α-hetero) is 1. The van der Waals surface area contributed by atoms with Crippen LogP contribution in [0, 0.1) is 5.92 Å². The predicted molar refractivity (Wildman–Crippen MR) is 138 cm³/mol. The third-order valence-corrected chi connectivity index (χ3v) is 6.50. The molecule has 0 aliphatic heterocycles. The van der Waals surface area contributed by atoms with Crippen LogP contribution in [0.25, 0.3) is 0 Å². The van der Waals surface area contributed by atoms with Crippen LogP contribution in [0.5, 0.6) is 0 Å². The lowest BCUT2D eigenvalue weighted by atomic mass is 10.0. The largest absolute Gasteiger partial charge is 0.342 e. The average Bonchev–Trinajstić information content (AvgIpc) is 3.20. The van der Waals surface area contributed by atoms with Gasteiger partial charge in [-0.1, -0.05) is 85.2 Å². The Labute approximate surface area is 213 Å². The summed E-state index contributed by atoms with van der Waals surface area (Å²) in [5, 5.41) is 13.1. The number of rotatable bonds is 11. The fourth-order valence-corrected chi connectivity index (χ4v) is 4.76. The molecule has 6 nitrogen and oxygen atoms in total. The summed E-state index contributed by atoms with van der Waals surface area (Å²) in [5.41, 5.74) is 0.979. The van der Waals surface area contributed by atoms with E-state index in [4.69, 9.17) is 23.2 Å². The van der Waals surface area contributed by atoms with Crippen LogP contribution < -0.4 is 5.32 Å². The van der Waals surface area contributed by atoms with Gasteiger partial charge >= 0.3 is 0 Å². The predicted octanol–water partition coefficient (Wildman–Crippen LogP) is 6.26. The Hall–Kier alpha value is -2.61. The number of amides is 1. The third-order valence-electron chi connectivity index (χ3n) is 4.99. The summed E-state index contributed by atoms with van der Waals surface area (Å²) in [6.07, 6.45) is 2.38. The minimum atomic E-state index is -0.411. The molecule has 3 rings (SSSR count). The normalized spacial score (nSPS) is 11.9. The van der Waals surface area contributed by atoms with Crippen LogP contribution in [-0.2, 0) is 6.54 Å². The standard InChI is InChI=1S/C25H26Cl2N4O2S/c1-4-12-31-23(29-30-25(31)34-15-22(32)17-8-6-5-7-9-17)21(13-16(2)3)28-24(33)19-11-10-18(26)14-20(19)27/h4-11,14,16,21H,1,12-13,15H2,2-3H3,(H,28,33)/t21-/m1/s1. The second-order valence-corrected chi connectivity index (χ2v) is 9.88. The van der Waals surface area contributed by atoms with Gasteiger partial charge in [-0.05, 0) is 30.5 Å². The zero-order valence-corrected chi connectivity index (χ0v) is 21.3. The second kappa shape index (κ2) is 12.2. The van der Waals surface area contributed by atoms with Gasteiger partial charge < -0.3 is 9.88 Å². The summed E-state index contributed by atoms with van der Waals surface area (Å²) >= 11 is 13.5. The molecule has 1 heterocycles. The van der Waals surface area contributed by atoms with Crippen LogP contribution in [0.1, 0.15) is 52.9 Å². The van der Waals surface area contributed by atoms with E-state index in [9.17, 15) is 9.59 Å². The number of allylic oxidation sites excluding steroid dienone is 1. The van der Waals surface area contributed by atoms with Crippen molar-refractivity contribution in [2.24, 2.45) is 5.92 Å². The zero-order valence-electron chi connectivity index (χ0n) is 19.0. The van der Waals surface area contributed by atoms with Gasteiger partial charge in [0.25, 0.3) is 5.91 Å². The first kappa shape index (κ1) is 26.0. The quantitative estimate of drug-likeness (QED) is 0.185. The van der Waals surface area contributed by atoms with Gasteiger partial charge in [0, 0.05) is 17.1 Å². The number of nitrogens with one attached hydrogen (secondary N) is 1. The highest BCUT2D eigenvalue weighted by atomic mass is 35.5. The van der Waals surface area contributed by atoms with E-state index in [1.165, 1.54) is 17.8 Å². The minimum absolute atomic E-state index is 0.00437. The monoisotopic (exact) mass is 516 g/mol. The molecule has 178 valence electrons. The van der Waals surface area contributed by atoms with Crippen molar-refractivity contribution in [2.45, 2.75) is 38.0 Å². The molecule has 1 amide bonds. The van der Waals surface area contributed by atoms with Crippen LogP contribution in [0.15, 0.2) is 66.3 Å². The molecule has 1 aromatic heterocycles. The van der Waals surface area contributed by atoms with Gasteiger partial charge in [-0.2, -0.15) is 0 Å². The molecule has 9 heteroatoms. The molecule has 3 aromatic rings. The molecular formula is C25H26Cl2N4O2S. The molecule has 0 saturated heterocycles. The Kier molecular flexibility index (Phi) is 9.33. The molecule has 1 atom stereocenters. The lowest BCUT2D eigenvalue weighted by molar-refractivity contribution is 0.0928. The fourth-order valence-electron chi connectivity index (χ4n) is 3.41. The van der Waals surface area contributed by atoms with Crippen molar-refractivity contribution >= 4 is 46.7 Å². The summed E-state index contributed by atoms with van der Waals surface area (Å²) in [6.45, 7) is 8.41. The summed E-state index contributed by atoms with van der Waals surface area (Å²) in [4.78, 5) is 25.6. The van der Waals surface area contributed by atoms with Gasteiger partial charge in [-0.3, -0.25) is 9.59 Å². The van der Waals surface area contributed by atoms with Crippen molar-refractivity contribution in [2.75, 3.05) is 5.75 Å². The average molecular weight is 517 g/mol. The molecule has 2 aromatic carbocycles. The van der Waals surface area contributed by atoms with Gasteiger partial charge in [0.15, 0.2) is 16.8 Å². The topological polar surface area (TPSA) is 76.9 Å². The Morgan fingerprint density at radius 2 is 1.88 bits per heavy atom. The number of hydrogen-bond acceptors (Lipinski definition) is 5. The summed E-state index contributed by atoms with van der Waals surface area (Å²) in [7, 11) is 0. The molecule has 0 unspecified atom stereocenters. The molecule has 0 saturated carbocycles. The van der Waals surface area contributed by atoms with Gasteiger partial charge in [-0.25, -0.2) is 0 Å². The molecule has 0 aliphatic rings. The van der Waals surface area contributed by atoms with Gasteiger partial charge in [0.2, 0.25) is 0 Å². The molecule has 0 spiro atoms. The Morgan fingerprint density at radius 1 is 1.15 bits per heavy atom. The maximum absolute atomic E-state index is 13.0.